The van der Waals surface area contributed by atoms with E-state index in [1.54, 1.807) is 0 Å². The Morgan fingerprint density at radius 2 is 1.93 bits per heavy atom. The van der Waals surface area contributed by atoms with Gasteiger partial charge >= 0.3 is 12.2 Å². The molecule has 2 aromatic carbocycles. The van der Waals surface area contributed by atoms with Crippen molar-refractivity contribution in [3.8, 4) is 23.2 Å². The van der Waals surface area contributed by atoms with Crippen molar-refractivity contribution in [3.63, 3.8) is 0 Å². The fraction of sp³-hybridized carbons (Fsp3) is 0.414. The molecule has 0 amide bonds. The number of nitrogens with one attached hydrogen (secondary N) is 1. The van der Waals surface area contributed by atoms with Gasteiger partial charge in [-0.05, 0) is 30.5 Å². The fourth-order valence-corrected chi connectivity index (χ4v) is 7.21. The van der Waals surface area contributed by atoms with E-state index in [4.69, 9.17) is 19.9 Å². The fourth-order valence-electron chi connectivity index (χ4n) is 6.26. The van der Waals surface area contributed by atoms with Crippen LogP contribution >= 0.6 is 11.3 Å². The highest BCUT2D eigenvalue weighted by Crippen LogP contribution is 2.48. The van der Waals surface area contributed by atoms with E-state index in [-0.39, 0.29) is 68.7 Å². The largest absolute Gasteiger partial charge is 0.461 e. The van der Waals surface area contributed by atoms with Crippen LogP contribution in [0.5, 0.6) is 6.01 Å². The average Bonchev–Trinajstić information content (AvgIpc) is 3.53. The smallest absolute Gasteiger partial charge is 0.417 e. The number of alkyl halides is 3. The number of thiophene rings is 1. The van der Waals surface area contributed by atoms with Crippen molar-refractivity contribution in [2.24, 2.45) is 0 Å². The number of ether oxygens (including phenoxy) is 3. The predicted molar refractivity (Wildman–Crippen MR) is 153 cm³/mol. The highest BCUT2D eigenvalue weighted by atomic mass is 32.1. The molecule has 0 spiro atoms. The maximum atomic E-state index is 16.8. The SMILES string of the molecule is N#Cc1c(N)sc2c(F)ccc(-c3c(C(F)(F)F)cc4c(N5CC6CCC(C5)N6)nc(OCC5COCCO5)nc4c3F)c12. The van der Waals surface area contributed by atoms with Crippen LogP contribution < -0.4 is 20.7 Å². The number of fused-ring (bicyclic) bond motifs is 4. The minimum atomic E-state index is -5.04. The van der Waals surface area contributed by atoms with Crippen molar-refractivity contribution in [3.05, 3.63) is 41.0 Å². The maximum Gasteiger partial charge on any atom is 0.417 e. The van der Waals surface area contributed by atoms with Gasteiger partial charge in [0.1, 0.15) is 40.9 Å². The first-order valence-corrected chi connectivity index (χ1v) is 14.8. The van der Waals surface area contributed by atoms with Crippen molar-refractivity contribution < 1.29 is 36.2 Å². The molecule has 3 aliphatic rings. The molecule has 230 valence electrons. The molecule has 3 saturated heterocycles. The molecule has 4 aromatic rings. The van der Waals surface area contributed by atoms with Crippen LogP contribution in [0.1, 0.15) is 24.0 Å². The van der Waals surface area contributed by atoms with Crippen molar-refractivity contribution in [1.29, 1.82) is 5.26 Å². The summed E-state index contributed by atoms with van der Waals surface area (Å²) in [5, 5.41) is 12.8. The summed E-state index contributed by atoms with van der Waals surface area (Å²) in [5.74, 6) is -1.98. The molecule has 3 unspecified atom stereocenters. The Morgan fingerprint density at radius 1 is 1.16 bits per heavy atom. The first kappa shape index (κ1) is 28.9. The van der Waals surface area contributed by atoms with E-state index in [1.807, 2.05) is 11.0 Å². The first-order valence-electron chi connectivity index (χ1n) is 14.0. The second-order valence-corrected chi connectivity index (χ2v) is 12.1. The predicted octanol–water partition coefficient (Wildman–Crippen LogP) is 5.00. The monoisotopic (exact) mass is 632 g/mol. The van der Waals surface area contributed by atoms with Gasteiger partial charge in [-0.1, -0.05) is 6.07 Å². The van der Waals surface area contributed by atoms with Gasteiger partial charge in [-0.15, -0.1) is 11.3 Å². The molecule has 0 aliphatic carbocycles. The van der Waals surface area contributed by atoms with Gasteiger partial charge < -0.3 is 30.2 Å². The summed E-state index contributed by atoms with van der Waals surface area (Å²) in [7, 11) is 0. The second kappa shape index (κ2) is 11.0. The Kier molecular flexibility index (Phi) is 7.19. The van der Waals surface area contributed by atoms with Crippen LogP contribution in [-0.2, 0) is 15.7 Å². The van der Waals surface area contributed by atoms with Crippen LogP contribution in [-0.4, -0.2) is 67.7 Å². The molecule has 5 heterocycles. The zero-order valence-corrected chi connectivity index (χ0v) is 23.8. The number of hydrogen-bond donors (Lipinski definition) is 2. The first-order chi connectivity index (χ1) is 21.1. The van der Waals surface area contributed by atoms with E-state index in [9.17, 15) is 22.8 Å². The Balaban J connectivity index is 1.46. The number of hydrogen-bond acceptors (Lipinski definition) is 10. The van der Waals surface area contributed by atoms with Crippen molar-refractivity contribution in [2.75, 3.05) is 50.2 Å². The Morgan fingerprint density at radius 3 is 2.61 bits per heavy atom. The van der Waals surface area contributed by atoms with Crippen LogP contribution in [0.4, 0.5) is 32.8 Å². The highest BCUT2D eigenvalue weighted by Gasteiger charge is 2.40. The van der Waals surface area contributed by atoms with Crippen LogP contribution in [0, 0.1) is 23.0 Å². The molecule has 3 atom stereocenters. The summed E-state index contributed by atoms with van der Waals surface area (Å²) >= 11 is 0.708. The van der Waals surface area contributed by atoms with Crippen molar-refractivity contribution in [2.45, 2.75) is 37.2 Å². The lowest BCUT2D eigenvalue weighted by Gasteiger charge is -2.34. The van der Waals surface area contributed by atoms with E-state index in [0.717, 1.165) is 31.0 Å². The van der Waals surface area contributed by atoms with Gasteiger partial charge in [-0.25, -0.2) is 8.78 Å². The summed E-state index contributed by atoms with van der Waals surface area (Å²) < 4.78 is 92.6. The van der Waals surface area contributed by atoms with Gasteiger partial charge in [-0.2, -0.15) is 28.4 Å². The van der Waals surface area contributed by atoms with Gasteiger partial charge in [0.15, 0.2) is 5.82 Å². The Labute approximate surface area is 251 Å². The third-order valence-electron chi connectivity index (χ3n) is 8.19. The molecule has 3 N–H and O–H groups in total. The Hall–Kier alpha value is -3.84. The second-order valence-electron chi connectivity index (χ2n) is 11.0. The lowest BCUT2D eigenvalue weighted by molar-refractivity contribution is -0.137. The van der Waals surface area contributed by atoms with Crippen molar-refractivity contribution in [1.82, 2.24) is 15.3 Å². The normalized spacial score (nSPS) is 22.1. The third kappa shape index (κ3) is 4.95. The van der Waals surface area contributed by atoms with Gasteiger partial charge in [0, 0.05) is 41.5 Å². The van der Waals surface area contributed by atoms with Crippen LogP contribution in [0.25, 0.3) is 32.1 Å². The number of piperazine rings is 1. The number of anilines is 2. The average molecular weight is 633 g/mol. The lowest BCUT2D eigenvalue weighted by atomic mass is 9.92. The highest BCUT2D eigenvalue weighted by molar-refractivity contribution is 7.23. The van der Waals surface area contributed by atoms with Gasteiger partial charge in [0.05, 0.1) is 35.6 Å². The number of benzene rings is 2. The molecular formula is C29H25F5N6O3S. The maximum absolute atomic E-state index is 16.8. The van der Waals surface area contributed by atoms with E-state index >= 15 is 4.39 Å². The van der Waals surface area contributed by atoms with E-state index in [1.165, 1.54) is 0 Å². The van der Waals surface area contributed by atoms with E-state index in [0.29, 0.717) is 37.6 Å². The molecule has 2 aromatic heterocycles. The molecule has 9 nitrogen and oxygen atoms in total. The quantitative estimate of drug-likeness (QED) is 0.293. The zero-order valence-electron chi connectivity index (χ0n) is 23.0. The van der Waals surface area contributed by atoms with Crippen LogP contribution in [0.2, 0.25) is 0 Å². The molecule has 15 heteroatoms. The van der Waals surface area contributed by atoms with Crippen LogP contribution in [0.15, 0.2) is 18.2 Å². The standard InChI is InChI=1S/C29H25F5N6O3S/c30-20-4-3-16(21-18(8-35)26(36)44-25(20)21)22-19(29(32,33)34)7-17-24(23(22)31)38-28(43-12-15-11-41-5-6-42-15)39-27(17)40-9-13-1-2-14(10-40)37-13/h3-4,7,13-15,37H,1-2,5-6,9-12,36H2. The third-order valence-corrected chi connectivity index (χ3v) is 9.22. The van der Waals surface area contributed by atoms with E-state index < -0.39 is 40.6 Å². The zero-order chi connectivity index (χ0) is 30.7. The summed E-state index contributed by atoms with van der Waals surface area (Å²) in [6.45, 7) is 1.94. The minimum absolute atomic E-state index is 0.0227. The number of nitrogens with two attached hydrogens (primary N) is 1. The summed E-state index contributed by atoms with van der Waals surface area (Å²) in [6, 6.07) is 4.57. The molecule has 0 saturated carbocycles. The van der Waals surface area contributed by atoms with Crippen molar-refractivity contribution >= 4 is 43.1 Å². The minimum Gasteiger partial charge on any atom is -0.461 e. The summed E-state index contributed by atoms with van der Waals surface area (Å²) in [4.78, 5) is 10.6. The molecule has 3 fully saturated rings. The van der Waals surface area contributed by atoms with Gasteiger partial charge in [-0.3, -0.25) is 0 Å². The van der Waals surface area contributed by atoms with Gasteiger partial charge in [0.25, 0.3) is 0 Å². The number of nitrogen functional groups attached to an aromatic ring is 1. The lowest BCUT2D eigenvalue weighted by Crippen LogP contribution is -2.51. The summed E-state index contributed by atoms with van der Waals surface area (Å²) in [6.07, 6.45) is -3.68. The number of aromatic nitrogens is 2. The molecule has 44 heavy (non-hydrogen) atoms. The molecular weight excluding hydrogens is 607 g/mol. The number of rotatable bonds is 5. The number of nitriles is 1. The molecule has 7 rings (SSSR count). The number of halogens is 5. The topological polar surface area (TPSA) is 119 Å². The van der Waals surface area contributed by atoms with Gasteiger partial charge in [0.2, 0.25) is 0 Å². The molecule has 2 bridgehead atoms. The summed E-state index contributed by atoms with van der Waals surface area (Å²) in [5.41, 5.74) is 2.78. The van der Waals surface area contributed by atoms with E-state index in [2.05, 4.69) is 15.3 Å². The molecule has 3 aliphatic heterocycles. The Bertz CT molecular complexity index is 1810. The molecule has 0 radical (unpaired) electrons. The van der Waals surface area contributed by atoms with Crippen LogP contribution in [0.3, 0.4) is 0 Å². The number of nitrogens with zero attached hydrogens (tertiary/aromatic N) is 4.